The minimum Gasteiger partial charge on any atom is -0.393 e. The van der Waals surface area contributed by atoms with Gasteiger partial charge in [-0.25, -0.2) is 4.98 Å². The molecule has 0 saturated heterocycles. The average molecular weight is 393 g/mol. The quantitative estimate of drug-likeness (QED) is 0.673. The molecule has 0 bridgehead atoms. The van der Waals surface area contributed by atoms with E-state index in [1.54, 1.807) is 48.7 Å². The fourth-order valence-electron chi connectivity index (χ4n) is 3.26. The second-order valence-electron chi connectivity index (χ2n) is 7.73. The minimum atomic E-state index is -0.523. The van der Waals surface area contributed by atoms with Crippen molar-refractivity contribution < 1.29 is 9.90 Å². The number of benzene rings is 2. The van der Waals surface area contributed by atoms with Crippen LogP contribution in [-0.4, -0.2) is 33.2 Å². The largest absolute Gasteiger partial charge is 0.393 e. The lowest BCUT2D eigenvalue weighted by Crippen LogP contribution is -2.41. The first-order chi connectivity index (χ1) is 13.8. The summed E-state index contributed by atoms with van der Waals surface area (Å²) in [4.78, 5) is 29.9. The molecule has 6 nitrogen and oxygen atoms in total. The molecule has 2 atom stereocenters. The minimum absolute atomic E-state index is 0.138. The maximum atomic E-state index is 12.9. The van der Waals surface area contributed by atoms with Gasteiger partial charge in [0.1, 0.15) is 5.82 Å². The number of rotatable bonds is 6. The molecular weight excluding hydrogens is 366 g/mol. The fourth-order valence-corrected chi connectivity index (χ4v) is 3.26. The molecule has 0 spiro atoms. The smallest absolute Gasteiger partial charge is 0.265 e. The molecular formula is C23H27N3O3. The average Bonchev–Trinajstić information content (AvgIpc) is 2.72. The van der Waals surface area contributed by atoms with Gasteiger partial charge in [-0.15, -0.1) is 0 Å². The van der Waals surface area contributed by atoms with Crippen molar-refractivity contribution in [2.75, 3.05) is 6.54 Å². The monoisotopic (exact) mass is 393 g/mol. The fraction of sp³-hybridized carbons (Fsp3) is 0.348. The van der Waals surface area contributed by atoms with Gasteiger partial charge in [0.05, 0.1) is 22.7 Å². The van der Waals surface area contributed by atoms with Crippen LogP contribution in [0.15, 0.2) is 53.3 Å². The van der Waals surface area contributed by atoms with Crippen molar-refractivity contribution in [2.24, 2.45) is 5.41 Å². The van der Waals surface area contributed by atoms with Gasteiger partial charge in [0.25, 0.3) is 11.5 Å². The van der Waals surface area contributed by atoms with Crippen molar-refractivity contribution in [3.8, 4) is 5.69 Å². The second-order valence-corrected chi connectivity index (χ2v) is 7.73. The summed E-state index contributed by atoms with van der Waals surface area (Å²) in [6, 6.07) is 14.1. The zero-order chi connectivity index (χ0) is 21.2. The highest BCUT2D eigenvalue weighted by Gasteiger charge is 2.28. The van der Waals surface area contributed by atoms with Crippen molar-refractivity contribution in [3.05, 3.63) is 70.3 Å². The van der Waals surface area contributed by atoms with E-state index in [4.69, 9.17) is 0 Å². The van der Waals surface area contributed by atoms with Crippen molar-refractivity contribution in [1.29, 1.82) is 0 Å². The van der Waals surface area contributed by atoms with Crippen LogP contribution in [-0.2, 0) is 0 Å². The van der Waals surface area contributed by atoms with E-state index in [0.717, 1.165) is 6.42 Å². The molecule has 1 amide bonds. The zero-order valence-corrected chi connectivity index (χ0v) is 17.3. The number of hydrogen-bond donors (Lipinski definition) is 2. The topological polar surface area (TPSA) is 84.2 Å². The molecule has 0 aliphatic carbocycles. The molecule has 2 N–H and O–H groups in total. The molecule has 3 aromatic rings. The Kier molecular flexibility index (Phi) is 5.84. The molecule has 29 heavy (non-hydrogen) atoms. The summed E-state index contributed by atoms with van der Waals surface area (Å²) in [5, 5.41) is 13.4. The van der Waals surface area contributed by atoms with Gasteiger partial charge < -0.3 is 10.4 Å². The summed E-state index contributed by atoms with van der Waals surface area (Å²) in [6.07, 6.45) is 0.228. The standard InChI is InChI=1S/C23H27N3O3/c1-5-23(4,15(2)27)14-24-21(28)17-10-12-18(13-11-17)26-16(3)25-20-9-7-6-8-19(20)22(26)29/h6-13,15,27H,5,14H2,1-4H3,(H,24,28)/t15-,23+/m1/s1. The zero-order valence-electron chi connectivity index (χ0n) is 17.3. The first kappa shape index (κ1) is 20.7. The van der Waals surface area contributed by atoms with Crippen LogP contribution in [0, 0.1) is 12.3 Å². The summed E-state index contributed by atoms with van der Waals surface area (Å²) < 4.78 is 1.55. The predicted molar refractivity (Wildman–Crippen MR) is 114 cm³/mol. The number of aliphatic hydroxyl groups is 1. The SMILES string of the molecule is CC[C@@](C)(CNC(=O)c1ccc(-n2c(C)nc3ccccc3c2=O)cc1)[C@@H](C)O. The van der Waals surface area contributed by atoms with E-state index in [9.17, 15) is 14.7 Å². The molecule has 0 radical (unpaired) electrons. The lowest BCUT2D eigenvalue weighted by Gasteiger charge is -2.31. The van der Waals surface area contributed by atoms with Crippen LogP contribution in [0.3, 0.4) is 0 Å². The number of aromatic nitrogens is 2. The van der Waals surface area contributed by atoms with E-state index in [0.29, 0.717) is 34.5 Å². The van der Waals surface area contributed by atoms with E-state index in [-0.39, 0.29) is 16.9 Å². The highest BCUT2D eigenvalue weighted by molar-refractivity contribution is 5.94. The molecule has 0 unspecified atom stereocenters. The van der Waals surface area contributed by atoms with Gasteiger partial charge in [-0.3, -0.25) is 14.2 Å². The van der Waals surface area contributed by atoms with Gasteiger partial charge in [-0.1, -0.05) is 26.0 Å². The summed E-state index contributed by atoms with van der Waals surface area (Å²) in [6.45, 7) is 7.85. The predicted octanol–water partition coefficient (Wildman–Crippen LogP) is 3.22. The van der Waals surface area contributed by atoms with E-state index in [1.807, 2.05) is 32.0 Å². The van der Waals surface area contributed by atoms with E-state index >= 15 is 0 Å². The Morgan fingerprint density at radius 1 is 1.21 bits per heavy atom. The molecule has 0 saturated carbocycles. The Morgan fingerprint density at radius 3 is 2.48 bits per heavy atom. The van der Waals surface area contributed by atoms with Crippen LogP contribution in [0.25, 0.3) is 16.6 Å². The van der Waals surface area contributed by atoms with Crippen LogP contribution in [0.5, 0.6) is 0 Å². The lowest BCUT2D eigenvalue weighted by atomic mass is 9.82. The number of carbonyl (C=O) groups is 1. The third kappa shape index (κ3) is 4.07. The van der Waals surface area contributed by atoms with Gasteiger partial charge in [-0.2, -0.15) is 0 Å². The van der Waals surface area contributed by atoms with Crippen molar-refractivity contribution in [3.63, 3.8) is 0 Å². The lowest BCUT2D eigenvalue weighted by molar-refractivity contribution is 0.0473. The Bertz CT molecular complexity index is 1090. The van der Waals surface area contributed by atoms with Gasteiger partial charge >= 0.3 is 0 Å². The molecule has 6 heteroatoms. The number of hydrogen-bond acceptors (Lipinski definition) is 4. The maximum absolute atomic E-state index is 12.9. The van der Waals surface area contributed by atoms with Crippen LogP contribution < -0.4 is 10.9 Å². The Hall–Kier alpha value is -2.99. The molecule has 2 aromatic carbocycles. The molecule has 1 aromatic heterocycles. The summed E-state index contributed by atoms with van der Waals surface area (Å²) in [5.74, 6) is 0.374. The highest BCUT2D eigenvalue weighted by Crippen LogP contribution is 2.24. The van der Waals surface area contributed by atoms with Gasteiger partial charge in [0.15, 0.2) is 0 Å². The van der Waals surface area contributed by atoms with Crippen molar-refractivity contribution in [2.45, 2.75) is 40.2 Å². The maximum Gasteiger partial charge on any atom is 0.265 e. The molecule has 0 fully saturated rings. The summed E-state index contributed by atoms with van der Waals surface area (Å²) in [5.41, 5.74) is 1.30. The van der Waals surface area contributed by atoms with E-state index < -0.39 is 6.10 Å². The first-order valence-corrected chi connectivity index (χ1v) is 9.82. The van der Waals surface area contributed by atoms with Crippen LogP contribution in [0.2, 0.25) is 0 Å². The normalized spacial score (nSPS) is 14.4. The Labute approximate surface area is 170 Å². The van der Waals surface area contributed by atoms with E-state index in [1.165, 1.54) is 0 Å². The van der Waals surface area contributed by atoms with Gasteiger partial charge in [0.2, 0.25) is 0 Å². The number of aliphatic hydroxyl groups excluding tert-OH is 1. The van der Waals surface area contributed by atoms with Crippen molar-refractivity contribution in [1.82, 2.24) is 14.9 Å². The summed E-state index contributed by atoms with van der Waals surface area (Å²) in [7, 11) is 0. The van der Waals surface area contributed by atoms with Gasteiger partial charge in [0, 0.05) is 17.5 Å². The number of aryl methyl sites for hydroxylation is 1. The van der Waals surface area contributed by atoms with Crippen LogP contribution >= 0.6 is 0 Å². The molecule has 0 aliphatic rings. The number of carbonyl (C=O) groups excluding carboxylic acids is 1. The molecule has 1 heterocycles. The third-order valence-corrected chi connectivity index (χ3v) is 5.80. The molecule has 3 rings (SSSR count). The number of para-hydroxylation sites is 1. The Balaban J connectivity index is 1.85. The number of nitrogens with zero attached hydrogens (tertiary/aromatic N) is 2. The first-order valence-electron chi connectivity index (χ1n) is 9.82. The highest BCUT2D eigenvalue weighted by atomic mass is 16.3. The Morgan fingerprint density at radius 2 is 1.86 bits per heavy atom. The van der Waals surface area contributed by atoms with Crippen LogP contribution in [0.1, 0.15) is 43.4 Å². The number of fused-ring (bicyclic) bond motifs is 1. The number of amides is 1. The molecule has 152 valence electrons. The van der Waals surface area contributed by atoms with Crippen LogP contribution in [0.4, 0.5) is 0 Å². The third-order valence-electron chi connectivity index (χ3n) is 5.80. The molecule has 0 aliphatic heterocycles. The van der Waals surface area contributed by atoms with Gasteiger partial charge in [-0.05, 0) is 56.7 Å². The second kappa shape index (κ2) is 8.17. The summed E-state index contributed by atoms with van der Waals surface area (Å²) >= 11 is 0. The van der Waals surface area contributed by atoms with E-state index in [2.05, 4.69) is 10.3 Å². The number of nitrogens with one attached hydrogen (secondary N) is 1. The van der Waals surface area contributed by atoms with Crippen molar-refractivity contribution >= 4 is 16.8 Å².